The zero-order valence-electron chi connectivity index (χ0n) is 10.0. The highest BCUT2D eigenvalue weighted by molar-refractivity contribution is 9.10. The first-order valence-electron chi connectivity index (χ1n) is 5.75. The van der Waals surface area contributed by atoms with Crippen molar-refractivity contribution in [3.8, 4) is 0 Å². The van der Waals surface area contributed by atoms with Crippen LogP contribution in [0.2, 0.25) is 0 Å². The zero-order chi connectivity index (χ0) is 13.1. The summed E-state index contributed by atoms with van der Waals surface area (Å²) in [5, 5.41) is 10.2. The molecule has 1 atom stereocenters. The normalized spacial score (nSPS) is 12.4. The molecule has 18 heavy (non-hydrogen) atoms. The van der Waals surface area contributed by atoms with Crippen molar-refractivity contribution in [2.75, 3.05) is 0 Å². The Hall–Kier alpha value is -1.19. The molecular formula is C15H14BrFO. The summed E-state index contributed by atoms with van der Waals surface area (Å²) in [6, 6.07) is 12.1. The quantitative estimate of drug-likeness (QED) is 0.902. The summed E-state index contributed by atoms with van der Waals surface area (Å²) in [5.74, 6) is -0.273. The molecule has 0 fully saturated rings. The number of rotatable bonds is 3. The molecule has 0 aliphatic rings. The van der Waals surface area contributed by atoms with Gasteiger partial charge < -0.3 is 5.11 Å². The van der Waals surface area contributed by atoms with Gasteiger partial charge in [0.15, 0.2) is 0 Å². The van der Waals surface area contributed by atoms with Gasteiger partial charge in [0, 0.05) is 10.9 Å². The van der Waals surface area contributed by atoms with Gasteiger partial charge in [-0.15, -0.1) is 0 Å². The van der Waals surface area contributed by atoms with E-state index >= 15 is 0 Å². The van der Waals surface area contributed by atoms with E-state index in [0.717, 1.165) is 21.2 Å². The molecule has 1 unspecified atom stereocenters. The molecule has 0 heterocycles. The van der Waals surface area contributed by atoms with Crippen LogP contribution in [0.4, 0.5) is 4.39 Å². The fourth-order valence-electron chi connectivity index (χ4n) is 1.97. The molecule has 2 aromatic rings. The second kappa shape index (κ2) is 5.63. The molecule has 0 saturated heterocycles. The lowest BCUT2D eigenvalue weighted by molar-refractivity contribution is 0.177. The number of aliphatic hydroxyl groups excluding tert-OH is 1. The van der Waals surface area contributed by atoms with E-state index < -0.39 is 6.10 Å². The van der Waals surface area contributed by atoms with Crippen molar-refractivity contribution >= 4 is 15.9 Å². The Kier molecular flexibility index (Phi) is 4.15. The topological polar surface area (TPSA) is 20.2 Å². The highest BCUT2D eigenvalue weighted by Gasteiger charge is 2.12. The molecule has 3 heteroatoms. The summed E-state index contributed by atoms with van der Waals surface area (Å²) in [6.07, 6.45) is -0.209. The molecule has 0 aromatic heterocycles. The van der Waals surface area contributed by atoms with Gasteiger partial charge in [-0.2, -0.15) is 0 Å². The third kappa shape index (κ3) is 3.18. The van der Waals surface area contributed by atoms with Crippen LogP contribution in [0.3, 0.4) is 0 Å². The van der Waals surface area contributed by atoms with Crippen molar-refractivity contribution in [2.24, 2.45) is 0 Å². The van der Waals surface area contributed by atoms with Crippen LogP contribution in [-0.2, 0) is 6.42 Å². The molecule has 0 amide bonds. The summed E-state index contributed by atoms with van der Waals surface area (Å²) in [7, 11) is 0. The highest BCUT2D eigenvalue weighted by Crippen LogP contribution is 2.25. The number of benzene rings is 2. The second-order valence-corrected chi connectivity index (χ2v) is 5.27. The van der Waals surface area contributed by atoms with Crippen LogP contribution in [-0.4, -0.2) is 5.11 Å². The molecule has 2 rings (SSSR count). The largest absolute Gasteiger partial charge is 0.388 e. The van der Waals surface area contributed by atoms with E-state index in [2.05, 4.69) is 15.9 Å². The average Bonchev–Trinajstić information content (AvgIpc) is 2.32. The first kappa shape index (κ1) is 13.2. The minimum absolute atomic E-state index is 0.273. The maximum Gasteiger partial charge on any atom is 0.123 e. The molecule has 0 aliphatic carbocycles. The first-order valence-corrected chi connectivity index (χ1v) is 6.54. The number of hydrogen-bond donors (Lipinski definition) is 1. The van der Waals surface area contributed by atoms with Crippen LogP contribution >= 0.6 is 15.9 Å². The Labute approximate surface area is 114 Å². The van der Waals surface area contributed by atoms with Gasteiger partial charge >= 0.3 is 0 Å². The fraction of sp³-hybridized carbons (Fsp3) is 0.200. The summed E-state index contributed by atoms with van der Waals surface area (Å²) in [5.41, 5.74) is 2.69. The van der Waals surface area contributed by atoms with Gasteiger partial charge in [0.05, 0.1) is 6.10 Å². The smallest absolute Gasteiger partial charge is 0.123 e. The molecule has 1 nitrogen and oxygen atoms in total. The van der Waals surface area contributed by atoms with Crippen LogP contribution in [0.5, 0.6) is 0 Å². The Morgan fingerprint density at radius 2 is 2.00 bits per heavy atom. The molecule has 1 N–H and O–H groups in total. The van der Waals surface area contributed by atoms with E-state index in [1.165, 1.54) is 12.1 Å². The van der Waals surface area contributed by atoms with Gasteiger partial charge in [-0.1, -0.05) is 34.1 Å². The van der Waals surface area contributed by atoms with Gasteiger partial charge in [0.1, 0.15) is 5.82 Å². The molecule has 94 valence electrons. The highest BCUT2D eigenvalue weighted by atomic mass is 79.9. The minimum Gasteiger partial charge on any atom is -0.388 e. The van der Waals surface area contributed by atoms with Crippen LogP contribution < -0.4 is 0 Å². The zero-order valence-corrected chi connectivity index (χ0v) is 11.6. The fourth-order valence-corrected chi connectivity index (χ4v) is 2.35. The van der Waals surface area contributed by atoms with Gasteiger partial charge in [0.2, 0.25) is 0 Å². The maximum atomic E-state index is 13.1. The van der Waals surface area contributed by atoms with E-state index in [4.69, 9.17) is 0 Å². The number of hydrogen-bond acceptors (Lipinski definition) is 1. The van der Waals surface area contributed by atoms with E-state index in [0.29, 0.717) is 6.42 Å². The van der Waals surface area contributed by atoms with Gasteiger partial charge in [0.25, 0.3) is 0 Å². The molecule has 0 radical (unpaired) electrons. The Morgan fingerprint density at radius 1 is 1.22 bits per heavy atom. The standard InChI is InChI=1S/C15H14BrFO/c1-10-5-6-12(16)9-14(10)15(18)8-11-3-2-4-13(17)7-11/h2-7,9,15,18H,8H2,1H3. The summed E-state index contributed by atoms with van der Waals surface area (Å²) >= 11 is 3.39. The van der Waals surface area contributed by atoms with Crippen molar-refractivity contribution in [3.05, 3.63) is 69.4 Å². The first-order chi connectivity index (χ1) is 8.56. The van der Waals surface area contributed by atoms with Gasteiger partial charge in [-0.05, 0) is 47.9 Å². The predicted molar refractivity (Wildman–Crippen MR) is 73.9 cm³/mol. The lowest BCUT2D eigenvalue weighted by Gasteiger charge is -2.14. The van der Waals surface area contributed by atoms with Crippen molar-refractivity contribution in [1.29, 1.82) is 0 Å². The molecule has 0 bridgehead atoms. The number of halogens is 2. The van der Waals surface area contributed by atoms with E-state index in [-0.39, 0.29) is 5.82 Å². The third-order valence-corrected chi connectivity index (χ3v) is 3.41. The monoisotopic (exact) mass is 308 g/mol. The summed E-state index contributed by atoms with van der Waals surface area (Å²) in [4.78, 5) is 0. The van der Waals surface area contributed by atoms with Crippen LogP contribution in [0.25, 0.3) is 0 Å². The number of aryl methyl sites for hydroxylation is 1. The molecular weight excluding hydrogens is 295 g/mol. The maximum absolute atomic E-state index is 13.1. The summed E-state index contributed by atoms with van der Waals surface area (Å²) in [6.45, 7) is 1.95. The van der Waals surface area contributed by atoms with E-state index in [9.17, 15) is 9.50 Å². The lowest BCUT2D eigenvalue weighted by atomic mass is 9.98. The van der Waals surface area contributed by atoms with E-state index in [1.54, 1.807) is 6.07 Å². The van der Waals surface area contributed by atoms with Crippen LogP contribution in [0.1, 0.15) is 22.8 Å². The average molecular weight is 309 g/mol. The van der Waals surface area contributed by atoms with Crippen molar-refractivity contribution < 1.29 is 9.50 Å². The Bertz CT molecular complexity index is 554. The predicted octanol–water partition coefficient (Wildman–Crippen LogP) is 4.17. The van der Waals surface area contributed by atoms with Crippen LogP contribution in [0, 0.1) is 12.7 Å². The lowest BCUT2D eigenvalue weighted by Crippen LogP contribution is -2.04. The number of aliphatic hydroxyl groups is 1. The van der Waals surface area contributed by atoms with Crippen molar-refractivity contribution in [1.82, 2.24) is 0 Å². The van der Waals surface area contributed by atoms with Gasteiger partial charge in [-0.25, -0.2) is 4.39 Å². The Balaban J connectivity index is 2.21. The summed E-state index contributed by atoms with van der Waals surface area (Å²) < 4.78 is 14.0. The molecule has 0 saturated carbocycles. The SMILES string of the molecule is Cc1ccc(Br)cc1C(O)Cc1cccc(F)c1. The minimum atomic E-state index is -0.621. The molecule has 2 aromatic carbocycles. The third-order valence-electron chi connectivity index (χ3n) is 2.92. The second-order valence-electron chi connectivity index (χ2n) is 4.35. The van der Waals surface area contributed by atoms with Crippen molar-refractivity contribution in [3.63, 3.8) is 0 Å². The van der Waals surface area contributed by atoms with Crippen LogP contribution in [0.15, 0.2) is 46.9 Å². The Morgan fingerprint density at radius 3 is 2.72 bits per heavy atom. The van der Waals surface area contributed by atoms with E-state index in [1.807, 2.05) is 31.2 Å². The molecule has 0 spiro atoms. The van der Waals surface area contributed by atoms with Gasteiger partial charge in [-0.3, -0.25) is 0 Å². The molecule has 0 aliphatic heterocycles. The van der Waals surface area contributed by atoms with Crippen molar-refractivity contribution in [2.45, 2.75) is 19.4 Å².